The molecule has 0 aliphatic carbocycles. The molecule has 0 bridgehead atoms. The summed E-state index contributed by atoms with van der Waals surface area (Å²) < 4.78 is 6.15. The minimum atomic E-state index is 0.522. The number of para-hydroxylation sites is 4. The number of benzene rings is 3. The van der Waals surface area contributed by atoms with E-state index in [1.165, 1.54) is 35.3 Å². The zero-order valence-electron chi connectivity index (χ0n) is 17.3. The van der Waals surface area contributed by atoms with Gasteiger partial charge in [0.2, 0.25) is 0 Å². The van der Waals surface area contributed by atoms with Gasteiger partial charge in [-0.25, -0.2) is 0 Å². The highest BCUT2D eigenvalue weighted by Crippen LogP contribution is 2.40. The van der Waals surface area contributed by atoms with E-state index < -0.39 is 0 Å². The topological polar surface area (TPSA) is 41.7 Å². The van der Waals surface area contributed by atoms with Gasteiger partial charge in [-0.1, -0.05) is 48.5 Å². The molecule has 3 aromatic rings. The number of ether oxygens (including phenoxy) is 1. The van der Waals surface area contributed by atoms with Crippen LogP contribution in [0.1, 0.15) is 24.0 Å². The van der Waals surface area contributed by atoms with Crippen LogP contribution in [-0.2, 0) is 13.0 Å². The molecule has 4 nitrogen and oxygen atoms in total. The van der Waals surface area contributed by atoms with Gasteiger partial charge in [-0.3, -0.25) is 4.90 Å². The lowest BCUT2D eigenvalue weighted by Crippen LogP contribution is -2.39. The van der Waals surface area contributed by atoms with Crippen LogP contribution in [-0.4, -0.2) is 30.6 Å². The largest absolute Gasteiger partial charge is 0.487 e. The number of anilines is 3. The Bertz CT molecular complexity index is 971. The number of likely N-dealkylation sites (tertiary alicyclic amines) is 1. The smallest absolute Gasteiger partial charge is 0.143 e. The van der Waals surface area contributed by atoms with Crippen molar-refractivity contribution in [2.75, 3.05) is 30.3 Å². The summed E-state index contributed by atoms with van der Waals surface area (Å²) >= 11 is 0. The fourth-order valence-corrected chi connectivity index (χ4v) is 4.81. The summed E-state index contributed by atoms with van der Waals surface area (Å²) in [6.45, 7) is 3.80. The van der Waals surface area contributed by atoms with Crippen LogP contribution in [0.2, 0.25) is 0 Å². The van der Waals surface area contributed by atoms with E-state index in [1.54, 1.807) is 0 Å². The molecule has 3 aromatic carbocycles. The van der Waals surface area contributed by atoms with Gasteiger partial charge in [0.25, 0.3) is 0 Å². The Morgan fingerprint density at radius 3 is 2.57 bits per heavy atom. The molecule has 1 fully saturated rings. The van der Waals surface area contributed by atoms with E-state index in [2.05, 4.69) is 70.5 Å². The summed E-state index contributed by atoms with van der Waals surface area (Å²) in [5, 5.41) is 0. The van der Waals surface area contributed by atoms with Gasteiger partial charge in [0, 0.05) is 36.1 Å². The van der Waals surface area contributed by atoms with E-state index >= 15 is 0 Å². The molecule has 154 valence electrons. The van der Waals surface area contributed by atoms with Gasteiger partial charge in [-0.15, -0.1) is 0 Å². The van der Waals surface area contributed by atoms with Crippen molar-refractivity contribution in [2.24, 2.45) is 0 Å². The second-order valence-corrected chi connectivity index (χ2v) is 8.28. The second-order valence-electron chi connectivity index (χ2n) is 8.28. The molecule has 1 saturated heterocycles. The van der Waals surface area contributed by atoms with Crippen LogP contribution in [0.4, 0.5) is 17.1 Å². The normalized spacial score (nSPS) is 18.4. The van der Waals surface area contributed by atoms with Gasteiger partial charge in [-0.2, -0.15) is 0 Å². The van der Waals surface area contributed by atoms with Crippen LogP contribution >= 0.6 is 0 Å². The number of hydrogen-bond donors (Lipinski definition) is 1. The molecule has 1 atom stereocenters. The lowest BCUT2D eigenvalue weighted by molar-refractivity contribution is 0.261. The lowest BCUT2D eigenvalue weighted by atomic mass is 10.1. The summed E-state index contributed by atoms with van der Waals surface area (Å²) in [4.78, 5) is 5.11. The predicted octanol–water partition coefficient (Wildman–Crippen LogP) is 5.01. The Labute approximate surface area is 178 Å². The Hall–Kier alpha value is -2.98. The maximum atomic E-state index is 6.17. The summed E-state index contributed by atoms with van der Waals surface area (Å²) in [6, 6.07) is 25.8. The molecule has 0 amide bonds. The summed E-state index contributed by atoms with van der Waals surface area (Å²) in [5.74, 6) is 0.968. The molecule has 2 heterocycles. The number of rotatable bonds is 5. The molecule has 0 radical (unpaired) electrons. The number of nitrogen functional groups attached to an aromatic ring is 1. The first-order valence-corrected chi connectivity index (χ1v) is 10.9. The van der Waals surface area contributed by atoms with Crippen LogP contribution < -0.4 is 15.4 Å². The van der Waals surface area contributed by atoms with Crippen molar-refractivity contribution < 1.29 is 4.74 Å². The highest BCUT2D eigenvalue weighted by molar-refractivity contribution is 5.72. The fraction of sp³-hybridized carbons (Fsp3) is 0.308. The van der Waals surface area contributed by atoms with E-state index in [0.29, 0.717) is 12.6 Å². The Kier molecular flexibility index (Phi) is 5.33. The number of hydrogen-bond acceptors (Lipinski definition) is 4. The third kappa shape index (κ3) is 3.75. The number of nitrogens with two attached hydrogens (primary N) is 1. The van der Waals surface area contributed by atoms with Crippen molar-refractivity contribution in [3.05, 3.63) is 83.9 Å². The van der Waals surface area contributed by atoms with E-state index in [1.807, 2.05) is 12.1 Å². The van der Waals surface area contributed by atoms with Crippen molar-refractivity contribution in [1.82, 2.24) is 4.90 Å². The predicted molar refractivity (Wildman–Crippen MR) is 123 cm³/mol. The van der Waals surface area contributed by atoms with Crippen LogP contribution in [0.5, 0.6) is 5.75 Å². The standard InChI is InChI=1S/C26H29N3O/c27-23-11-3-1-8-20(23)15-17-28-16-7-10-22(28)18-29-24-12-4-2-9-21(24)19-30-26-14-6-5-13-25(26)29/h1-6,8-9,11-14,22H,7,10,15-19,27H2/t22-/m1/s1. The first-order valence-electron chi connectivity index (χ1n) is 10.9. The Morgan fingerprint density at radius 1 is 0.900 bits per heavy atom. The molecule has 30 heavy (non-hydrogen) atoms. The molecule has 0 unspecified atom stereocenters. The van der Waals surface area contributed by atoms with E-state index in [4.69, 9.17) is 10.5 Å². The zero-order valence-corrected chi connectivity index (χ0v) is 17.3. The van der Waals surface area contributed by atoms with Crippen LogP contribution in [0.25, 0.3) is 0 Å². The van der Waals surface area contributed by atoms with Gasteiger partial charge in [0.05, 0.1) is 5.69 Å². The van der Waals surface area contributed by atoms with Gasteiger partial charge < -0.3 is 15.4 Å². The number of nitrogens with zero attached hydrogens (tertiary/aromatic N) is 2. The van der Waals surface area contributed by atoms with Gasteiger partial charge in [0.1, 0.15) is 12.4 Å². The highest BCUT2D eigenvalue weighted by Gasteiger charge is 2.29. The minimum Gasteiger partial charge on any atom is -0.487 e. The van der Waals surface area contributed by atoms with E-state index in [0.717, 1.165) is 37.5 Å². The maximum Gasteiger partial charge on any atom is 0.143 e. The van der Waals surface area contributed by atoms with Crippen molar-refractivity contribution in [1.29, 1.82) is 0 Å². The van der Waals surface area contributed by atoms with Crippen LogP contribution in [0.3, 0.4) is 0 Å². The second kappa shape index (κ2) is 8.41. The summed E-state index contributed by atoms with van der Waals surface area (Å²) in [7, 11) is 0. The van der Waals surface area contributed by atoms with Crippen molar-refractivity contribution in [3.63, 3.8) is 0 Å². The number of fused-ring (bicyclic) bond motifs is 2. The van der Waals surface area contributed by atoms with Crippen LogP contribution in [0.15, 0.2) is 72.8 Å². The molecular weight excluding hydrogens is 370 g/mol. The van der Waals surface area contributed by atoms with Crippen molar-refractivity contribution >= 4 is 17.1 Å². The Morgan fingerprint density at radius 2 is 1.67 bits per heavy atom. The molecule has 0 saturated carbocycles. The highest BCUT2D eigenvalue weighted by atomic mass is 16.5. The van der Waals surface area contributed by atoms with Gasteiger partial charge in [0.15, 0.2) is 0 Å². The molecule has 2 N–H and O–H groups in total. The molecule has 0 aromatic heterocycles. The zero-order chi connectivity index (χ0) is 20.3. The minimum absolute atomic E-state index is 0.522. The third-order valence-electron chi connectivity index (χ3n) is 6.44. The fourth-order valence-electron chi connectivity index (χ4n) is 4.81. The Balaban J connectivity index is 1.38. The van der Waals surface area contributed by atoms with E-state index in [-0.39, 0.29) is 0 Å². The molecule has 2 aliphatic heterocycles. The van der Waals surface area contributed by atoms with E-state index in [9.17, 15) is 0 Å². The first kappa shape index (κ1) is 19.0. The SMILES string of the molecule is Nc1ccccc1CCN1CCC[C@@H]1CN1c2ccccc2COc2ccccc21. The molecule has 5 rings (SSSR count). The third-order valence-corrected chi connectivity index (χ3v) is 6.44. The average molecular weight is 400 g/mol. The summed E-state index contributed by atoms with van der Waals surface area (Å²) in [6.07, 6.45) is 3.48. The maximum absolute atomic E-state index is 6.17. The first-order chi connectivity index (χ1) is 14.8. The van der Waals surface area contributed by atoms with Crippen LogP contribution in [0, 0.1) is 0 Å². The molecule has 2 aliphatic rings. The molecule has 4 heteroatoms. The monoisotopic (exact) mass is 399 g/mol. The molecular formula is C26H29N3O. The van der Waals surface area contributed by atoms with Crippen molar-refractivity contribution in [3.8, 4) is 5.75 Å². The summed E-state index contributed by atoms with van der Waals surface area (Å²) in [5.41, 5.74) is 12.0. The quantitative estimate of drug-likeness (QED) is 0.613. The van der Waals surface area contributed by atoms with Crippen molar-refractivity contribution in [2.45, 2.75) is 31.9 Å². The average Bonchev–Trinajstić information content (AvgIpc) is 3.16. The molecule has 0 spiro atoms. The van der Waals surface area contributed by atoms with Gasteiger partial charge >= 0.3 is 0 Å². The lowest BCUT2D eigenvalue weighted by Gasteiger charge is -2.32. The van der Waals surface area contributed by atoms with Gasteiger partial charge in [-0.05, 0) is 55.6 Å².